The number of anilines is 2. The first-order chi connectivity index (χ1) is 11.6. The lowest BCUT2D eigenvalue weighted by molar-refractivity contribution is -0.114. The van der Waals surface area contributed by atoms with E-state index in [1.165, 1.54) is 12.1 Å². The van der Waals surface area contributed by atoms with Gasteiger partial charge < -0.3 is 5.32 Å². The molecule has 0 spiro atoms. The molecule has 2 aromatic rings. The molecule has 134 valence electrons. The van der Waals surface area contributed by atoms with Gasteiger partial charge in [0.2, 0.25) is 15.9 Å². The van der Waals surface area contributed by atoms with Crippen molar-refractivity contribution >= 4 is 50.5 Å². The van der Waals surface area contributed by atoms with Crippen molar-refractivity contribution in [2.75, 3.05) is 22.4 Å². The van der Waals surface area contributed by atoms with E-state index in [1.54, 1.807) is 25.1 Å². The molecule has 1 amide bonds. The van der Waals surface area contributed by atoms with Crippen LogP contribution in [-0.2, 0) is 14.8 Å². The maximum atomic E-state index is 13.2. The predicted molar refractivity (Wildman–Crippen MR) is 98.4 cm³/mol. The molecule has 0 aliphatic rings. The summed E-state index contributed by atoms with van der Waals surface area (Å²) in [7, 11) is -3.73. The van der Waals surface area contributed by atoms with Crippen molar-refractivity contribution in [3.63, 3.8) is 0 Å². The number of sulfonamides is 1. The third-order valence-corrected chi connectivity index (χ3v) is 5.22. The smallest absolute Gasteiger partial charge is 0.245 e. The van der Waals surface area contributed by atoms with Crippen LogP contribution in [0.15, 0.2) is 36.4 Å². The molecule has 0 aliphatic heterocycles. The second kappa shape index (κ2) is 7.59. The fraction of sp³-hybridized carbons (Fsp3) is 0.188. The maximum Gasteiger partial charge on any atom is 0.245 e. The Hall–Kier alpha value is -1.83. The highest BCUT2D eigenvalue weighted by Gasteiger charge is 2.23. The number of nitrogens with zero attached hydrogens (tertiary/aromatic N) is 1. The van der Waals surface area contributed by atoms with Crippen LogP contribution in [0.3, 0.4) is 0 Å². The molecule has 5 nitrogen and oxygen atoms in total. The first-order valence-corrected chi connectivity index (χ1v) is 9.67. The van der Waals surface area contributed by atoms with Gasteiger partial charge in [-0.15, -0.1) is 0 Å². The van der Waals surface area contributed by atoms with Crippen LogP contribution in [0.2, 0.25) is 10.0 Å². The van der Waals surface area contributed by atoms with Gasteiger partial charge in [-0.2, -0.15) is 0 Å². The minimum Gasteiger partial charge on any atom is -0.324 e. The van der Waals surface area contributed by atoms with Gasteiger partial charge in [0.25, 0.3) is 0 Å². The van der Waals surface area contributed by atoms with Crippen LogP contribution in [0.25, 0.3) is 0 Å². The summed E-state index contributed by atoms with van der Waals surface area (Å²) >= 11 is 11.7. The van der Waals surface area contributed by atoms with Crippen molar-refractivity contribution in [2.45, 2.75) is 6.92 Å². The average molecular weight is 405 g/mol. The summed E-state index contributed by atoms with van der Waals surface area (Å²) in [6.45, 7) is 1.20. The zero-order valence-electron chi connectivity index (χ0n) is 13.4. The van der Waals surface area contributed by atoms with Gasteiger partial charge in [-0.3, -0.25) is 9.10 Å². The number of amides is 1. The number of carbonyl (C=O) groups excluding carboxylic acids is 1. The summed E-state index contributed by atoms with van der Waals surface area (Å²) in [6.07, 6.45) is 0.995. The van der Waals surface area contributed by atoms with Crippen LogP contribution < -0.4 is 9.62 Å². The SMILES string of the molecule is Cc1c(Cl)cccc1N(CC(=O)Nc1ccc(F)c(Cl)c1)S(C)(=O)=O. The number of rotatable bonds is 5. The van der Waals surface area contributed by atoms with E-state index < -0.39 is 28.3 Å². The fourth-order valence-corrected chi connectivity index (χ4v) is 3.41. The van der Waals surface area contributed by atoms with Crippen LogP contribution in [0, 0.1) is 12.7 Å². The number of carbonyl (C=O) groups is 1. The Bertz CT molecular complexity index is 920. The Labute approximate surface area is 155 Å². The van der Waals surface area contributed by atoms with Crippen LogP contribution in [0.5, 0.6) is 0 Å². The molecule has 0 fully saturated rings. The van der Waals surface area contributed by atoms with E-state index in [4.69, 9.17) is 23.2 Å². The number of hydrogen-bond donors (Lipinski definition) is 1. The Morgan fingerprint density at radius 3 is 2.48 bits per heavy atom. The van der Waals surface area contributed by atoms with Crippen molar-refractivity contribution in [1.29, 1.82) is 0 Å². The zero-order chi connectivity index (χ0) is 18.8. The molecule has 0 bridgehead atoms. The monoisotopic (exact) mass is 404 g/mol. The van der Waals surface area contributed by atoms with Crippen LogP contribution in [0.1, 0.15) is 5.56 Å². The standard InChI is InChI=1S/C16H15Cl2FN2O3S/c1-10-12(17)4-3-5-15(10)21(25(2,23)24)9-16(22)20-11-6-7-14(19)13(18)8-11/h3-8H,9H2,1-2H3,(H,20,22). The van der Waals surface area contributed by atoms with E-state index in [1.807, 2.05) is 0 Å². The molecule has 1 N–H and O–H groups in total. The summed E-state index contributed by atoms with van der Waals surface area (Å²) in [5.41, 5.74) is 1.10. The van der Waals surface area contributed by atoms with Gasteiger partial charge >= 0.3 is 0 Å². The van der Waals surface area contributed by atoms with Gasteiger partial charge in [0.05, 0.1) is 17.0 Å². The zero-order valence-corrected chi connectivity index (χ0v) is 15.7. The Morgan fingerprint density at radius 2 is 1.88 bits per heavy atom. The van der Waals surface area contributed by atoms with Crippen LogP contribution in [0.4, 0.5) is 15.8 Å². The topological polar surface area (TPSA) is 66.5 Å². The van der Waals surface area contributed by atoms with Crippen molar-refractivity contribution in [3.05, 3.63) is 57.8 Å². The quantitative estimate of drug-likeness (QED) is 0.822. The van der Waals surface area contributed by atoms with Gasteiger partial charge in [-0.25, -0.2) is 12.8 Å². The first-order valence-electron chi connectivity index (χ1n) is 7.07. The molecule has 2 aromatic carbocycles. The number of benzene rings is 2. The summed E-state index contributed by atoms with van der Waals surface area (Å²) in [5.74, 6) is -1.22. The highest BCUT2D eigenvalue weighted by atomic mass is 35.5. The lowest BCUT2D eigenvalue weighted by atomic mass is 10.2. The summed E-state index contributed by atoms with van der Waals surface area (Å²) in [4.78, 5) is 12.2. The fourth-order valence-electron chi connectivity index (χ4n) is 2.15. The summed E-state index contributed by atoms with van der Waals surface area (Å²) < 4.78 is 38.3. The lowest BCUT2D eigenvalue weighted by Gasteiger charge is -2.24. The van der Waals surface area contributed by atoms with Crippen molar-refractivity contribution in [1.82, 2.24) is 0 Å². The first kappa shape index (κ1) is 19.5. The lowest BCUT2D eigenvalue weighted by Crippen LogP contribution is -2.37. The summed E-state index contributed by atoms with van der Waals surface area (Å²) in [5, 5.41) is 2.72. The Balaban J connectivity index is 2.27. The highest BCUT2D eigenvalue weighted by Crippen LogP contribution is 2.28. The number of halogens is 3. The molecule has 0 saturated heterocycles. The average Bonchev–Trinajstić information content (AvgIpc) is 2.51. The highest BCUT2D eigenvalue weighted by molar-refractivity contribution is 7.92. The van der Waals surface area contributed by atoms with Gasteiger partial charge in [0.15, 0.2) is 0 Å². The largest absolute Gasteiger partial charge is 0.324 e. The minimum atomic E-state index is -3.73. The second-order valence-corrected chi connectivity index (χ2v) is 8.05. The summed E-state index contributed by atoms with van der Waals surface area (Å²) in [6, 6.07) is 8.46. The van der Waals surface area contributed by atoms with Crippen LogP contribution in [-0.4, -0.2) is 27.1 Å². The molecule has 0 aliphatic carbocycles. The predicted octanol–water partition coefficient (Wildman–Crippen LogP) is 3.85. The normalized spacial score (nSPS) is 11.2. The van der Waals surface area contributed by atoms with Crippen molar-refractivity contribution in [2.24, 2.45) is 0 Å². The van der Waals surface area contributed by atoms with E-state index in [9.17, 15) is 17.6 Å². The molecule has 0 saturated carbocycles. The Morgan fingerprint density at radius 1 is 1.20 bits per heavy atom. The minimum absolute atomic E-state index is 0.150. The van der Waals surface area contributed by atoms with E-state index in [0.717, 1.165) is 16.6 Å². The molecule has 0 unspecified atom stereocenters. The van der Waals surface area contributed by atoms with Gasteiger partial charge in [-0.1, -0.05) is 29.3 Å². The van der Waals surface area contributed by atoms with Gasteiger partial charge in [-0.05, 0) is 42.8 Å². The third-order valence-electron chi connectivity index (χ3n) is 3.40. The molecule has 2 rings (SSSR count). The molecule has 0 atom stereocenters. The van der Waals surface area contributed by atoms with E-state index in [2.05, 4.69) is 5.32 Å². The van der Waals surface area contributed by atoms with Gasteiger partial charge in [0.1, 0.15) is 12.4 Å². The number of hydrogen-bond acceptors (Lipinski definition) is 3. The van der Waals surface area contributed by atoms with E-state index in [-0.39, 0.29) is 10.7 Å². The van der Waals surface area contributed by atoms with Crippen LogP contribution >= 0.6 is 23.2 Å². The molecule has 0 radical (unpaired) electrons. The van der Waals surface area contributed by atoms with Gasteiger partial charge in [0, 0.05) is 10.7 Å². The molecule has 0 aromatic heterocycles. The van der Waals surface area contributed by atoms with E-state index >= 15 is 0 Å². The van der Waals surface area contributed by atoms with Crippen molar-refractivity contribution in [3.8, 4) is 0 Å². The van der Waals surface area contributed by atoms with Crippen molar-refractivity contribution < 1.29 is 17.6 Å². The molecular weight excluding hydrogens is 390 g/mol. The van der Waals surface area contributed by atoms with E-state index in [0.29, 0.717) is 16.3 Å². The molecule has 0 heterocycles. The molecule has 9 heteroatoms. The molecular formula is C16H15Cl2FN2O3S. The second-order valence-electron chi connectivity index (χ2n) is 5.33. The third kappa shape index (κ3) is 4.84. The molecule has 25 heavy (non-hydrogen) atoms. The Kier molecular flexibility index (Phi) is 5.92. The maximum absolute atomic E-state index is 13.2. The number of nitrogens with one attached hydrogen (secondary N) is 1.